The van der Waals surface area contributed by atoms with E-state index < -0.39 is 17.8 Å². The second-order valence-corrected chi connectivity index (χ2v) is 6.52. The molecular weight excluding hydrogens is 337 g/mol. The molecule has 26 heavy (non-hydrogen) atoms. The molecule has 136 valence electrons. The Morgan fingerprint density at radius 2 is 1.92 bits per heavy atom. The number of aromatic nitrogens is 1. The number of carboxylic acids is 1. The summed E-state index contributed by atoms with van der Waals surface area (Å²) in [5.74, 6) is -2.59. The highest BCUT2D eigenvalue weighted by Gasteiger charge is 2.35. The fourth-order valence-electron chi connectivity index (χ4n) is 3.22. The smallest absolute Gasteiger partial charge is 0.307 e. The minimum atomic E-state index is -0.902. The number of carboxylic acid groups (broad SMARTS) is 1. The van der Waals surface area contributed by atoms with Crippen LogP contribution in [-0.4, -0.2) is 40.0 Å². The minimum Gasteiger partial charge on any atom is -0.481 e. The van der Waals surface area contributed by atoms with Gasteiger partial charge in [0, 0.05) is 37.7 Å². The Morgan fingerprint density at radius 1 is 1.19 bits per heavy atom. The van der Waals surface area contributed by atoms with E-state index in [9.17, 15) is 19.1 Å². The first-order valence-electron chi connectivity index (χ1n) is 8.42. The predicted molar refractivity (Wildman–Crippen MR) is 93.8 cm³/mol. The van der Waals surface area contributed by atoms with Gasteiger partial charge in [-0.3, -0.25) is 19.5 Å². The van der Waals surface area contributed by atoms with Gasteiger partial charge >= 0.3 is 5.97 Å². The molecule has 1 saturated heterocycles. The highest BCUT2D eigenvalue weighted by molar-refractivity contribution is 5.93. The van der Waals surface area contributed by atoms with E-state index in [2.05, 4.69) is 10.3 Å². The van der Waals surface area contributed by atoms with Crippen LogP contribution in [0.15, 0.2) is 48.8 Å². The van der Waals surface area contributed by atoms with Crippen molar-refractivity contribution in [2.45, 2.75) is 13.0 Å². The van der Waals surface area contributed by atoms with Crippen molar-refractivity contribution in [2.24, 2.45) is 11.8 Å². The number of carbonyl (C=O) groups excluding carboxylic acids is 1. The summed E-state index contributed by atoms with van der Waals surface area (Å²) < 4.78 is 13.0. The van der Waals surface area contributed by atoms with Gasteiger partial charge in [-0.25, -0.2) is 4.39 Å². The summed E-state index contributed by atoms with van der Waals surface area (Å²) in [5, 5.41) is 12.2. The average molecular weight is 357 g/mol. The van der Waals surface area contributed by atoms with Crippen molar-refractivity contribution in [3.8, 4) is 0 Å². The molecule has 2 N–H and O–H groups in total. The van der Waals surface area contributed by atoms with Gasteiger partial charge in [0.15, 0.2) is 0 Å². The second-order valence-electron chi connectivity index (χ2n) is 6.52. The van der Waals surface area contributed by atoms with Crippen molar-refractivity contribution in [3.05, 3.63) is 60.2 Å². The number of piperidine rings is 1. The van der Waals surface area contributed by atoms with Crippen LogP contribution in [0.4, 0.5) is 10.1 Å². The van der Waals surface area contributed by atoms with Crippen molar-refractivity contribution >= 4 is 17.6 Å². The second kappa shape index (κ2) is 8.05. The third kappa shape index (κ3) is 4.64. The van der Waals surface area contributed by atoms with Gasteiger partial charge in [-0.1, -0.05) is 6.07 Å². The van der Waals surface area contributed by atoms with E-state index in [1.54, 1.807) is 12.4 Å². The van der Waals surface area contributed by atoms with Gasteiger partial charge in [-0.15, -0.1) is 0 Å². The fourth-order valence-corrected chi connectivity index (χ4v) is 3.22. The number of likely N-dealkylation sites (tertiary alicyclic amines) is 1. The molecule has 1 aliphatic rings. The van der Waals surface area contributed by atoms with E-state index in [0.29, 0.717) is 25.3 Å². The lowest BCUT2D eigenvalue weighted by molar-refractivity contribution is -0.145. The van der Waals surface area contributed by atoms with Crippen molar-refractivity contribution < 1.29 is 19.1 Å². The van der Waals surface area contributed by atoms with Gasteiger partial charge in [0.25, 0.3) is 0 Å². The minimum absolute atomic E-state index is 0.251. The molecular formula is C19H20FN3O3. The molecule has 0 bridgehead atoms. The summed E-state index contributed by atoms with van der Waals surface area (Å²) in [6.45, 7) is 1.40. The maximum Gasteiger partial charge on any atom is 0.307 e. The largest absolute Gasteiger partial charge is 0.481 e. The quantitative estimate of drug-likeness (QED) is 0.859. The number of amides is 1. The number of aliphatic carboxylic acids is 1. The van der Waals surface area contributed by atoms with E-state index in [0.717, 1.165) is 5.56 Å². The van der Waals surface area contributed by atoms with Gasteiger partial charge in [0.2, 0.25) is 5.91 Å². The normalized spacial score (nSPS) is 20.5. The Bertz CT molecular complexity index is 767. The summed E-state index contributed by atoms with van der Waals surface area (Å²) in [5.41, 5.74) is 1.46. The summed E-state index contributed by atoms with van der Waals surface area (Å²) in [4.78, 5) is 30.1. The van der Waals surface area contributed by atoms with Crippen LogP contribution in [0, 0.1) is 17.7 Å². The van der Waals surface area contributed by atoms with Gasteiger partial charge in [0.05, 0.1) is 11.8 Å². The SMILES string of the molecule is O=C(O)[C@H]1C[C@@H](C(=O)Nc2ccc(F)cc2)CN(Cc2cccnc2)C1. The number of carbonyl (C=O) groups is 2. The highest BCUT2D eigenvalue weighted by Crippen LogP contribution is 2.25. The lowest BCUT2D eigenvalue weighted by Gasteiger charge is -2.35. The first kappa shape index (κ1) is 18.0. The third-order valence-corrected chi connectivity index (χ3v) is 4.49. The molecule has 2 aromatic rings. The predicted octanol–water partition coefficient (Wildman–Crippen LogP) is 2.38. The first-order valence-corrected chi connectivity index (χ1v) is 8.42. The van der Waals surface area contributed by atoms with E-state index in [-0.39, 0.29) is 18.1 Å². The Labute approximate surface area is 150 Å². The Morgan fingerprint density at radius 3 is 2.58 bits per heavy atom. The van der Waals surface area contributed by atoms with Crippen molar-refractivity contribution in [1.29, 1.82) is 0 Å². The standard InChI is InChI=1S/C19H20FN3O3/c20-16-3-5-17(6-4-16)22-18(24)14-8-15(19(25)26)12-23(11-14)10-13-2-1-7-21-9-13/h1-7,9,14-15H,8,10-12H2,(H,22,24)(H,25,26)/t14-,15+/m1/s1. The molecule has 6 nitrogen and oxygen atoms in total. The molecule has 1 aromatic carbocycles. The average Bonchev–Trinajstić information content (AvgIpc) is 2.64. The Kier molecular flexibility index (Phi) is 5.58. The fraction of sp³-hybridized carbons (Fsp3) is 0.316. The first-order chi connectivity index (χ1) is 12.5. The molecule has 0 saturated carbocycles. The van der Waals surface area contributed by atoms with Crippen LogP contribution in [-0.2, 0) is 16.1 Å². The summed E-state index contributed by atoms with van der Waals surface area (Å²) in [6.07, 6.45) is 3.70. The number of hydrogen-bond donors (Lipinski definition) is 2. The van der Waals surface area contributed by atoms with Gasteiger partial charge in [-0.2, -0.15) is 0 Å². The number of benzene rings is 1. The van der Waals surface area contributed by atoms with Crippen LogP contribution in [0.25, 0.3) is 0 Å². The maximum absolute atomic E-state index is 13.0. The molecule has 0 unspecified atom stereocenters. The van der Waals surface area contributed by atoms with Crippen LogP contribution >= 0.6 is 0 Å². The van der Waals surface area contributed by atoms with Crippen LogP contribution in [0.5, 0.6) is 0 Å². The van der Waals surface area contributed by atoms with Crippen LogP contribution in [0.2, 0.25) is 0 Å². The summed E-state index contributed by atoms with van der Waals surface area (Å²) in [7, 11) is 0. The maximum atomic E-state index is 13.0. The highest BCUT2D eigenvalue weighted by atomic mass is 19.1. The summed E-state index contributed by atoms with van der Waals surface area (Å²) >= 11 is 0. The van der Waals surface area contributed by atoms with Crippen LogP contribution in [0.3, 0.4) is 0 Å². The monoisotopic (exact) mass is 357 g/mol. The Hall–Kier alpha value is -2.80. The number of nitrogens with zero attached hydrogens (tertiary/aromatic N) is 2. The lowest BCUT2D eigenvalue weighted by atomic mass is 9.88. The zero-order valence-corrected chi connectivity index (χ0v) is 14.1. The summed E-state index contributed by atoms with van der Waals surface area (Å²) in [6, 6.07) is 9.25. The number of anilines is 1. The van der Waals surface area contributed by atoms with E-state index in [1.807, 2.05) is 17.0 Å². The van der Waals surface area contributed by atoms with E-state index >= 15 is 0 Å². The zero-order valence-electron chi connectivity index (χ0n) is 14.1. The molecule has 1 aromatic heterocycles. The van der Waals surface area contributed by atoms with Crippen LogP contribution in [0.1, 0.15) is 12.0 Å². The van der Waals surface area contributed by atoms with E-state index in [4.69, 9.17) is 0 Å². The molecule has 1 fully saturated rings. The lowest BCUT2D eigenvalue weighted by Crippen LogP contribution is -2.46. The molecule has 1 aliphatic heterocycles. The molecule has 3 rings (SSSR count). The molecule has 2 heterocycles. The molecule has 0 aliphatic carbocycles. The number of rotatable bonds is 5. The number of halogens is 1. The van der Waals surface area contributed by atoms with Crippen molar-refractivity contribution in [3.63, 3.8) is 0 Å². The van der Waals surface area contributed by atoms with Gasteiger partial charge in [-0.05, 0) is 42.3 Å². The number of nitrogens with one attached hydrogen (secondary N) is 1. The van der Waals surface area contributed by atoms with Crippen molar-refractivity contribution in [2.75, 3.05) is 18.4 Å². The van der Waals surface area contributed by atoms with E-state index in [1.165, 1.54) is 24.3 Å². The third-order valence-electron chi connectivity index (χ3n) is 4.49. The topological polar surface area (TPSA) is 82.5 Å². The van der Waals surface area contributed by atoms with Crippen molar-refractivity contribution in [1.82, 2.24) is 9.88 Å². The zero-order chi connectivity index (χ0) is 18.5. The van der Waals surface area contributed by atoms with Gasteiger partial charge in [0.1, 0.15) is 5.82 Å². The molecule has 0 radical (unpaired) electrons. The Balaban J connectivity index is 1.69. The molecule has 7 heteroatoms. The molecule has 0 spiro atoms. The molecule has 1 amide bonds. The molecule has 2 atom stereocenters. The number of hydrogen-bond acceptors (Lipinski definition) is 4. The van der Waals surface area contributed by atoms with Gasteiger partial charge < -0.3 is 10.4 Å². The number of pyridine rings is 1. The van der Waals surface area contributed by atoms with Crippen LogP contribution < -0.4 is 5.32 Å².